The van der Waals surface area contributed by atoms with Gasteiger partial charge in [0.1, 0.15) is 16.5 Å². The first kappa shape index (κ1) is 25.2. The predicted molar refractivity (Wildman–Crippen MR) is 124 cm³/mol. The van der Waals surface area contributed by atoms with Gasteiger partial charge in [-0.3, -0.25) is 9.59 Å². The van der Waals surface area contributed by atoms with Crippen LogP contribution in [0.2, 0.25) is 0 Å². The van der Waals surface area contributed by atoms with Crippen LogP contribution in [0.3, 0.4) is 0 Å². The van der Waals surface area contributed by atoms with E-state index in [1.807, 2.05) is 20.8 Å². The quantitative estimate of drug-likeness (QED) is 0.505. The number of hydrogen-bond donors (Lipinski definition) is 1. The van der Waals surface area contributed by atoms with Crippen molar-refractivity contribution in [3.63, 3.8) is 0 Å². The number of nitrogens with one attached hydrogen (secondary N) is 1. The zero-order valence-corrected chi connectivity index (χ0v) is 20.0. The molecule has 1 heterocycles. The summed E-state index contributed by atoms with van der Waals surface area (Å²) in [5.41, 5.74) is 0.690. The van der Waals surface area contributed by atoms with Gasteiger partial charge in [0.15, 0.2) is 6.61 Å². The normalized spacial score (nSPS) is 10.4. The molecule has 2 aromatic rings. The van der Waals surface area contributed by atoms with Gasteiger partial charge in [-0.15, -0.1) is 11.3 Å². The molecule has 0 radical (unpaired) electrons. The molecular formula is C23H30N2O6S. The average Bonchev–Trinajstić information content (AvgIpc) is 3.10. The zero-order chi connectivity index (χ0) is 23.7. The van der Waals surface area contributed by atoms with Crippen molar-refractivity contribution in [1.82, 2.24) is 4.90 Å². The van der Waals surface area contributed by atoms with Gasteiger partial charge in [-0.25, -0.2) is 4.79 Å². The topological polar surface area (TPSA) is 94.2 Å². The van der Waals surface area contributed by atoms with E-state index in [-0.39, 0.29) is 29.7 Å². The van der Waals surface area contributed by atoms with Crippen LogP contribution in [0.1, 0.15) is 53.3 Å². The van der Waals surface area contributed by atoms with E-state index in [1.54, 1.807) is 43.0 Å². The largest absolute Gasteiger partial charge is 0.494 e. The Morgan fingerprint density at radius 2 is 1.53 bits per heavy atom. The van der Waals surface area contributed by atoms with Gasteiger partial charge in [0, 0.05) is 13.1 Å². The molecule has 0 aliphatic carbocycles. The van der Waals surface area contributed by atoms with E-state index in [2.05, 4.69) is 5.32 Å². The van der Waals surface area contributed by atoms with E-state index >= 15 is 0 Å². The van der Waals surface area contributed by atoms with Gasteiger partial charge < -0.3 is 24.4 Å². The molecule has 0 unspecified atom stereocenters. The Morgan fingerprint density at radius 3 is 2.06 bits per heavy atom. The molecule has 2 amide bonds. The van der Waals surface area contributed by atoms with E-state index in [0.717, 1.165) is 11.3 Å². The number of hydrogen-bond acceptors (Lipinski definition) is 7. The highest BCUT2D eigenvalue weighted by molar-refractivity contribution is 7.18. The third kappa shape index (κ3) is 6.23. The zero-order valence-electron chi connectivity index (χ0n) is 19.1. The highest BCUT2D eigenvalue weighted by Crippen LogP contribution is 2.34. The van der Waals surface area contributed by atoms with E-state index in [1.165, 1.54) is 0 Å². The van der Waals surface area contributed by atoms with Gasteiger partial charge in [-0.05, 0) is 64.4 Å². The Hall–Kier alpha value is -3.07. The highest BCUT2D eigenvalue weighted by atomic mass is 32.1. The number of carbonyl (C=O) groups is 3. The summed E-state index contributed by atoms with van der Waals surface area (Å²) in [6.07, 6.45) is 0. The third-order valence-corrected chi connectivity index (χ3v) is 5.82. The number of nitrogens with zero attached hydrogens (tertiary/aromatic N) is 1. The van der Waals surface area contributed by atoms with E-state index < -0.39 is 11.9 Å². The molecule has 0 aliphatic rings. The Kier molecular flexibility index (Phi) is 9.52. The lowest BCUT2D eigenvalue weighted by atomic mass is 10.1. The first-order valence-electron chi connectivity index (χ1n) is 10.6. The number of thiophene rings is 1. The number of anilines is 1. The third-order valence-electron chi connectivity index (χ3n) is 4.63. The fourth-order valence-corrected chi connectivity index (χ4v) is 4.20. The number of ether oxygens (including phenoxy) is 3. The summed E-state index contributed by atoms with van der Waals surface area (Å²) >= 11 is 1.07. The second kappa shape index (κ2) is 12.1. The molecule has 0 spiro atoms. The van der Waals surface area contributed by atoms with Crippen molar-refractivity contribution in [2.45, 2.75) is 34.6 Å². The van der Waals surface area contributed by atoms with Gasteiger partial charge >= 0.3 is 5.97 Å². The Morgan fingerprint density at radius 1 is 0.938 bits per heavy atom. The van der Waals surface area contributed by atoms with Crippen LogP contribution >= 0.6 is 11.3 Å². The number of esters is 1. The minimum Gasteiger partial charge on any atom is -0.494 e. The van der Waals surface area contributed by atoms with E-state index in [0.29, 0.717) is 41.6 Å². The lowest BCUT2D eigenvalue weighted by molar-refractivity contribution is -0.118. The monoisotopic (exact) mass is 462 g/mol. The van der Waals surface area contributed by atoms with Gasteiger partial charge in [0.2, 0.25) is 0 Å². The van der Waals surface area contributed by atoms with Crippen molar-refractivity contribution < 1.29 is 28.6 Å². The van der Waals surface area contributed by atoms with E-state index in [9.17, 15) is 14.4 Å². The second-order valence-electron chi connectivity index (χ2n) is 6.70. The van der Waals surface area contributed by atoms with E-state index in [4.69, 9.17) is 14.2 Å². The molecule has 0 aliphatic heterocycles. The summed E-state index contributed by atoms with van der Waals surface area (Å²) in [4.78, 5) is 40.0. The first-order valence-corrected chi connectivity index (χ1v) is 11.4. The minimum atomic E-state index is -0.581. The number of rotatable bonds is 11. The fraction of sp³-hybridized carbons (Fsp3) is 0.435. The molecule has 9 heteroatoms. The molecule has 1 aromatic heterocycles. The molecule has 1 N–H and O–H groups in total. The highest BCUT2D eigenvalue weighted by Gasteiger charge is 2.28. The minimum absolute atomic E-state index is 0.182. The second-order valence-corrected chi connectivity index (χ2v) is 7.72. The van der Waals surface area contributed by atoms with Crippen molar-refractivity contribution >= 4 is 34.1 Å². The maximum absolute atomic E-state index is 12.9. The van der Waals surface area contributed by atoms with Gasteiger partial charge in [0.25, 0.3) is 11.8 Å². The van der Waals surface area contributed by atoms with Crippen LogP contribution in [0.5, 0.6) is 11.5 Å². The first-order chi connectivity index (χ1) is 15.4. The molecule has 0 fully saturated rings. The number of benzene rings is 1. The molecule has 174 valence electrons. The molecule has 32 heavy (non-hydrogen) atoms. The maximum Gasteiger partial charge on any atom is 0.341 e. The van der Waals surface area contributed by atoms with Crippen LogP contribution in [0.15, 0.2) is 24.3 Å². The fourth-order valence-electron chi connectivity index (χ4n) is 3.02. The Bertz CT molecular complexity index is 935. The van der Waals surface area contributed by atoms with Crippen molar-refractivity contribution in [3.8, 4) is 11.5 Å². The number of carbonyl (C=O) groups excluding carboxylic acids is 3. The molecular weight excluding hydrogens is 432 g/mol. The summed E-state index contributed by atoms with van der Waals surface area (Å²) in [6.45, 7) is 10.6. The molecule has 0 bridgehead atoms. The number of amides is 2. The van der Waals surface area contributed by atoms with Crippen LogP contribution in [0.4, 0.5) is 5.00 Å². The average molecular weight is 463 g/mol. The molecule has 0 saturated heterocycles. The van der Waals surface area contributed by atoms with Crippen LogP contribution in [-0.4, -0.2) is 55.6 Å². The molecule has 8 nitrogen and oxygen atoms in total. The standard InChI is InChI=1S/C23H30N2O6S/c1-6-25(7-2)22(27)20-15(5)19(23(28)30-9-4)21(32-20)24-18(26)14-31-17-12-10-16(11-13-17)29-8-3/h10-13H,6-9,14H2,1-5H3,(H,24,26). The smallest absolute Gasteiger partial charge is 0.341 e. The molecule has 0 saturated carbocycles. The van der Waals surface area contributed by atoms with Gasteiger partial charge in [-0.1, -0.05) is 0 Å². The SMILES string of the molecule is CCOC(=O)c1c(NC(=O)COc2ccc(OCC)cc2)sc(C(=O)N(CC)CC)c1C. The van der Waals surface area contributed by atoms with Crippen LogP contribution in [0, 0.1) is 6.92 Å². The molecule has 0 atom stereocenters. The summed E-state index contributed by atoms with van der Waals surface area (Å²) < 4.78 is 16.0. The lowest BCUT2D eigenvalue weighted by Gasteiger charge is -2.18. The van der Waals surface area contributed by atoms with Crippen molar-refractivity contribution in [2.24, 2.45) is 0 Å². The Balaban J connectivity index is 2.19. The summed E-state index contributed by atoms with van der Waals surface area (Å²) in [5.74, 6) is 0.00102. The van der Waals surface area contributed by atoms with Crippen LogP contribution in [0.25, 0.3) is 0 Å². The van der Waals surface area contributed by atoms with Crippen molar-refractivity contribution in [3.05, 3.63) is 40.3 Å². The summed E-state index contributed by atoms with van der Waals surface area (Å²) in [6, 6.07) is 6.92. The summed E-state index contributed by atoms with van der Waals surface area (Å²) in [7, 11) is 0. The maximum atomic E-state index is 12.9. The lowest BCUT2D eigenvalue weighted by Crippen LogP contribution is -2.30. The molecule has 2 rings (SSSR count). The predicted octanol–water partition coefficient (Wildman–Crippen LogP) is 4.13. The summed E-state index contributed by atoms with van der Waals surface area (Å²) in [5, 5.41) is 2.98. The van der Waals surface area contributed by atoms with Gasteiger partial charge in [-0.2, -0.15) is 0 Å². The van der Waals surface area contributed by atoms with Gasteiger partial charge in [0.05, 0.1) is 23.7 Å². The van der Waals surface area contributed by atoms with Crippen molar-refractivity contribution in [1.29, 1.82) is 0 Å². The van der Waals surface area contributed by atoms with Crippen LogP contribution in [-0.2, 0) is 9.53 Å². The van der Waals surface area contributed by atoms with Crippen molar-refractivity contribution in [2.75, 3.05) is 38.2 Å². The molecule has 1 aromatic carbocycles. The van der Waals surface area contributed by atoms with Crippen LogP contribution < -0.4 is 14.8 Å². The Labute approximate surface area is 192 Å².